The minimum Gasteiger partial charge on any atom is -0.395 e. The molecule has 0 bridgehead atoms. The number of aliphatic hydroxyl groups excluding tert-OH is 1. The van der Waals surface area contributed by atoms with E-state index < -0.39 is 0 Å². The summed E-state index contributed by atoms with van der Waals surface area (Å²) >= 11 is 0. The Kier molecular flexibility index (Phi) is 4.53. The van der Waals surface area contributed by atoms with Gasteiger partial charge in [0.1, 0.15) is 5.82 Å². The molecule has 7 heteroatoms. The van der Waals surface area contributed by atoms with Crippen LogP contribution in [-0.2, 0) is 5.54 Å². The highest BCUT2D eigenvalue weighted by molar-refractivity contribution is 5.93. The third-order valence-electron chi connectivity index (χ3n) is 3.67. The molecule has 1 aliphatic heterocycles. The molecule has 7 nitrogen and oxygen atoms in total. The molecule has 1 fully saturated rings. The van der Waals surface area contributed by atoms with Gasteiger partial charge < -0.3 is 15.7 Å². The number of nitrogens with two attached hydrogens (primary N) is 1. The van der Waals surface area contributed by atoms with Crippen molar-refractivity contribution in [2.45, 2.75) is 26.3 Å². The molecule has 21 heavy (non-hydrogen) atoms. The van der Waals surface area contributed by atoms with Gasteiger partial charge in [-0.1, -0.05) is 0 Å². The first kappa shape index (κ1) is 15.8. The smallest absolute Gasteiger partial charge is 0.274 e. The second-order valence-electron chi connectivity index (χ2n) is 6.39. The maximum absolute atomic E-state index is 12.5. The first-order chi connectivity index (χ1) is 9.82. The summed E-state index contributed by atoms with van der Waals surface area (Å²) in [5.41, 5.74) is 6.10. The third kappa shape index (κ3) is 3.54. The van der Waals surface area contributed by atoms with E-state index in [0.29, 0.717) is 31.1 Å². The van der Waals surface area contributed by atoms with E-state index in [2.05, 4.69) is 10.00 Å². The van der Waals surface area contributed by atoms with Gasteiger partial charge in [-0.25, -0.2) is 4.68 Å². The predicted molar refractivity (Wildman–Crippen MR) is 81.1 cm³/mol. The average Bonchev–Trinajstić information content (AvgIpc) is 2.81. The third-order valence-corrected chi connectivity index (χ3v) is 3.67. The highest BCUT2D eigenvalue weighted by Gasteiger charge is 2.26. The highest BCUT2D eigenvalue weighted by atomic mass is 16.3. The summed E-state index contributed by atoms with van der Waals surface area (Å²) in [6.45, 7) is 9.68. The van der Waals surface area contributed by atoms with Crippen molar-refractivity contribution in [3.8, 4) is 0 Å². The number of rotatable bonds is 3. The lowest BCUT2D eigenvalue weighted by Crippen LogP contribution is -2.49. The lowest BCUT2D eigenvalue weighted by atomic mass is 10.1. The quantitative estimate of drug-likeness (QED) is 0.817. The first-order valence-electron chi connectivity index (χ1n) is 7.31. The average molecular weight is 295 g/mol. The normalized spacial score (nSPS) is 17.2. The number of aliphatic hydroxyl groups is 1. The van der Waals surface area contributed by atoms with Crippen molar-refractivity contribution in [3.05, 3.63) is 11.8 Å². The van der Waals surface area contributed by atoms with Gasteiger partial charge in [0, 0.05) is 38.8 Å². The molecular weight excluding hydrogens is 270 g/mol. The zero-order valence-corrected chi connectivity index (χ0v) is 13.0. The predicted octanol–water partition coefficient (Wildman–Crippen LogP) is -0.0296. The molecule has 0 spiro atoms. The molecule has 2 heterocycles. The number of nitrogen functional groups attached to an aromatic ring is 1. The first-order valence-corrected chi connectivity index (χ1v) is 7.31. The number of carbonyl (C=O) groups is 1. The Morgan fingerprint density at radius 2 is 1.95 bits per heavy atom. The standard InChI is InChI=1S/C14H25N5O2/c1-14(2,3)19-12(15)10-11(16-19)13(21)18-6-4-17(5-7-18)8-9-20/h10,20H,4-9,15H2,1-3H3. The van der Waals surface area contributed by atoms with E-state index in [9.17, 15) is 4.79 Å². The summed E-state index contributed by atoms with van der Waals surface area (Å²) in [5, 5.41) is 13.3. The minimum atomic E-state index is -0.248. The molecule has 0 aliphatic carbocycles. The zero-order chi connectivity index (χ0) is 15.6. The van der Waals surface area contributed by atoms with Gasteiger partial charge in [0.05, 0.1) is 12.1 Å². The Morgan fingerprint density at radius 1 is 1.33 bits per heavy atom. The molecule has 0 aromatic carbocycles. The number of hydrogen-bond acceptors (Lipinski definition) is 5. The minimum absolute atomic E-state index is 0.0756. The van der Waals surface area contributed by atoms with E-state index in [0.717, 1.165) is 13.1 Å². The van der Waals surface area contributed by atoms with Gasteiger partial charge >= 0.3 is 0 Å². The molecule has 0 saturated carbocycles. The molecule has 1 aromatic heterocycles. The summed E-state index contributed by atoms with van der Waals surface area (Å²) < 4.78 is 1.68. The number of nitrogens with zero attached hydrogens (tertiary/aromatic N) is 4. The summed E-state index contributed by atoms with van der Waals surface area (Å²) in [5.74, 6) is 0.429. The molecule has 1 amide bonds. The van der Waals surface area contributed by atoms with E-state index in [1.807, 2.05) is 20.8 Å². The Hall–Kier alpha value is -1.60. The summed E-state index contributed by atoms with van der Waals surface area (Å²) in [6, 6.07) is 1.65. The Bertz CT molecular complexity index is 498. The molecule has 1 aliphatic rings. The fourth-order valence-corrected chi connectivity index (χ4v) is 2.52. The summed E-state index contributed by atoms with van der Waals surface area (Å²) in [7, 11) is 0. The number of amides is 1. The van der Waals surface area contributed by atoms with E-state index in [-0.39, 0.29) is 18.1 Å². The summed E-state index contributed by atoms with van der Waals surface area (Å²) in [4.78, 5) is 16.4. The fourth-order valence-electron chi connectivity index (χ4n) is 2.52. The van der Waals surface area contributed by atoms with Crippen LogP contribution in [-0.4, -0.2) is 69.9 Å². The van der Waals surface area contributed by atoms with Crippen LogP contribution < -0.4 is 5.73 Å². The van der Waals surface area contributed by atoms with Crippen molar-refractivity contribution >= 4 is 11.7 Å². The van der Waals surface area contributed by atoms with Crippen molar-refractivity contribution < 1.29 is 9.90 Å². The Labute approximate surface area is 125 Å². The van der Waals surface area contributed by atoms with Gasteiger partial charge in [0.15, 0.2) is 5.69 Å². The molecule has 3 N–H and O–H groups in total. The monoisotopic (exact) mass is 295 g/mol. The topological polar surface area (TPSA) is 87.6 Å². The molecule has 118 valence electrons. The molecule has 2 rings (SSSR count). The van der Waals surface area contributed by atoms with Crippen molar-refractivity contribution in [2.75, 3.05) is 45.1 Å². The molecule has 1 aromatic rings. The van der Waals surface area contributed by atoms with Crippen molar-refractivity contribution in [2.24, 2.45) is 0 Å². The maximum Gasteiger partial charge on any atom is 0.274 e. The van der Waals surface area contributed by atoms with Gasteiger partial charge in [-0.15, -0.1) is 0 Å². The van der Waals surface area contributed by atoms with Crippen LogP contribution >= 0.6 is 0 Å². The van der Waals surface area contributed by atoms with Crippen LogP contribution in [0.25, 0.3) is 0 Å². The number of β-amino-alcohol motifs (C(OH)–C–C–N with tert-alkyl or cyclic N) is 1. The lowest BCUT2D eigenvalue weighted by molar-refractivity contribution is 0.0608. The fraction of sp³-hybridized carbons (Fsp3) is 0.714. The SMILES string of the molecule is CC(C)(C)n1nc(C(=O)N2CCN(CCO)CC2)cc1N. The second kappa shape index (κ2) is 6.03. The number of anilines is 1. The molecular formula is C14H25N5O2. The second-order valence-corrected chi connectivity index (χ2v) is 6.39. The highest BCUT2D eigenvalue weighted by Crippen LogP contribution is 2.20. The van der Waals surface area contributed by atoms with E-state index in [4.69, 9.17) is 10.8 Å². The van der Waals surface area contributed by atoms with Crippen molar-refractivity contribution in [1.82, 2.24) is 19.6 Å². The van der Waals surface area contributed by atoms with Crippen LogP contribution in [0, 0.1) is 0 Å². The Balaban J connectivity index is 2.05. The van der Waals surface area contributed by atoms with Gasteiger partial charge in [-0.05, 0) is 20.8 Å². The number of hydrogen-bond donors (Lipinski definition) is 2. The van der Waals surface area contributed by atoms with E-state index >= 15 is 0 Å². The van der Waals surface area contributed by atoms with Gasteiger partial charge in [-0.3, -0.25) is 9.69 Å². The van der Waals surface area contributed by atoms with Crippen LogP contribution in [0.2, 0.25) is 0 Å². The van der Waals surface area contributed by atoms with Crippen LogP contribution in [0.4, 0.5) is 5.82 Å². The number of carbonyl (C=O) groups excluding carboxylic acids is 1. The molecule has 0 atom stereocenters. The van der Waals surface area contributed by atoms with Crippen LogP contribution in [0.5, 0.6) is 0 Å². The van der Waals surface area contributed by atoms with E-state index in [1.54, 1.807) is 15.6 Å². The molecule has 1 saturated heterocycles. The maximum atomic E-state index is 12.5. The molecule has 0 unspecified atom stereocenters. The van der Waals surface area contributed by atoms with E-state index in [1.165, 1.54) is 0 Å². The van der Waals surface area contributed by atoms with Gasteiger partial charge in [0.2, 0.25) is 0 Å². The molecule has 0 radical (unpaired) electrons. The van der Waals surface area contributed by atoms with Crippen LogP contribution in [0.15, 0.2) is 6.07 Å². The van der Waals surface area contributed by atoms with Crippen LogP contribution in [0.3, 0.4) is 0 Å². The lowest BCUT2D eigenvalue weighted by Gasteiger charge is -2.33. The summed E-state index contributed by atoms with van der Waals surface area (Å²) in [6.07, 6.45) is 0. The number of piperazine rings is 1. The Morgan fingerprint density at radius 3 is 2.43 bits per heavy atom. The van der Waals surface area contributed by atoms with Crippen molar-refractivity contribution in [1.29, 1.82) is 0 Å². The largest absolute Gasteiger partial charge is 0.395 e. The van der Waals surface area contributed by atoms with Gasteiger partial charge in [-0.2, -0.15) is 5.10 Å². The zero-order valence-electron chi connectivity index (χ0n) is 13.0. The number of aromatic nitrogens is 2. The van der Waals surface area contributed by atoms with Crippen molar-refractivity contribution in [3.63, 3.8) is 0 Å². The van der Waals surface area contributed by atoms with Crippen LogP contribution in [0.1, 0.15) is 31.3 Å². The van der Waals surface area contributed by atoms with Gasteiger partial charge in [0.25, 0.3) is 5.91 Å².